The fourth-order valence-corrected chi connectivity index (χ4v) is 4.08. The average Bonchev–Trinajstić information content (AvgIpc) is 2.79. The van der Waals surface area contributed by atoms with Gasteiger partial charge in [-0.1, -0.05) is 0 Å². The number of halogens is 3. The first-order valence-corrected chi connectivity index (χ1v) is 10.7. The van der Waals surface area contributed by atoms with Crippen LogP contribution in [0.4, 0.5) is 13.2 Å². The number of aryl methyl sites for hydroxylation is 2. The van der Waals surface area contributed by atoms with Crippen LogP contribution in [0.2, 0.25) is 0 Å². The van der Waals surface area contributed by atoms with Crippen LogP contribution in [0.25, 0.3) is 27.7 Å². The molecule has 3 aromatic carbocycles. The number of likely N-dealkylation sites (tertiary alicyclic amines) is 1. The third-order valence-corrected chi connectivity index (χ3v) is 6.12. The van der Waals surface area contributed by atoms with Crippen LogP contribution in [0, 0.1) is 19.7 Å². The molecule has 1 amide bonds. The SMILES string of the molecule is Cc1cc2c(-c3ccc(F)cc3)nn(-c3ccc(C(=O)N4CC(F)(F)C4)cc3)c(=O)c2cc1C. The van der Waals surface area contributed by atoms with Crippen LogP contribution >= 0.6 is 0 Å². The monoisotopic (exact) mass is 463 g/mol. The molecule has 0 atom stereocenters. The van der Waals surface area contributed by atoms with E-state index >= 15 is 0 Å². The van der Waals surface area contributed by atoms with Gasteiger partial charge >= 0.3 is 0 Å². The molecule has 4 aromatic rings. The van der Waals surface area contributed by atoms with E-state index in [9.17, 15) is 22.8 Å². The summed E-state index contributed by atoms with van der Waals surface area (Å²) < 4.78 is 41.0. The maximum Gasteiger partial charge on any atom is 0.282 e. The van der Waals surface area contributed by atoms with Crippen LogP contribution < -0.4 is 5.56 Å². The molecule has 1 saturated heterocycles. The molecular formula is C26H20F3N3O2. The number of amides is 1. The van der Waals surface area contributed by atoms with Gasteiger partial charge in [-0.25, -0.2) is 13.2 Å². The molecule has 0 spiro atoms. The summed E-state index contributed by atoms with van der Waals surface area (Å²) in [7, 11) is 0. The second kappa shape index (κ2) is 7.83. The van der Waals surface area contributed by atoms with Crippen molar-refractivity contribution in [2.75, 3.05) is 13.1 Å². The minimum atomic E-state index is -2.84. The average molecular weight is 463 g/mol. The highest BCUT2D eigenvalue weighted by molar-refractivity contribution is 5.96. The topological polar surface area (TPSA) is 55.2 Å². The van der Waals surface area contributed by atoms with Crippen molar-refractivity contribution in [2.45, 2.75) is 19.8 Å². The number of rotatable bonds is 3. The van der Waals surface area contributed by atoms with E-state index in [1.165, 1.54) is 28.9 Å². The molecule has 8 heteroatoms. The lowest BCUT2D eigenvalue weighted by molar-refractivity contribution is -0.113. The number of carbonyl (C=O) groups is 1. The van der Waals surface area contributed by atoms with Crippen LogP contribution in [0.1, 0.15) is 21.5 Å². The molecule has 1 aromatic heterocycles. The molecule has 0 N–H and O–H groups in total. The molecule has 0 saturated carbocycles. The molecule has 5 nitrogen and oxygen atoms in total. The van der Waals surface area contributed by atoms with E-state index in [-0.39, 0.29) is 16.9 Å². The zero-order chi connectivity index (χ0) is 24.2. The number of benzene rings is 3. The van der Waals surface area contributed by atoms with E-state index in [0.717, 1.165) is 16.0 Å². The van der Waals surface area contributed by atoms with Crippen molar-refractivity contribution >= 4 is 16.7 Å². The largest absolute Gasteiger partial charge is 0.326 e. The Labute approximate surface area is 193 Å². The summed E-state index contributed by atoms with van der Waals surface area (Å²) in [6.45, 7) is 2.66. The van der Waals surface area contributed by atoms with Gasteiger partial charge in [-0.2, -0.15) is 9.78 Å². The van der Waals surface area contributed by atoms with Crippen molar-refractivity contribution in [3.05, 3.63) is 93.5 Å². The number of carbonyl (C=O) groups excluding carboxylic acids is 1. The van der Waals surface area contributed by atoms with Gasteiger partial charge in [0.15, 0.2) is 0 Å². The maximum absolute atomic E-state index is 13.5. The predicted octanol–water partition coefficient (Wildman–Crippen LogP) is 4.90. The summed E-state index contributed by atoms with van der Waals surface area (Å²) >= 11 is 0. The van der Waals surface area contributed by atoms with Crippen LogP contribution in [0.15, 0.2) is 65.5 Å². The second-order valence-corrected chi connectivity index (χ2v) is 8.62. The van der Waals surface area contributed by atoms with Gasteiger partial charge in [0, 0.05) is 16.5 Å². The van der Waals surface area contributed by atoms with Crippen molar-refractivity contribution in [3.63, 3.8) is 0 Å². The van der Waals surface area contributed by atoms with Gasteiger partial charge in [0.25, 0.3) is 17.4 Å². The van der Waals surface area contributed by atoms with E-state index in [2.05, 4.69) is 5.10 Å². The summed E-state index contributed by atoms with van der Waals surface area (Å²) in [6.07, 6.45) is 0. The molecular weight excluding hydrogens is 443 g/mol. The molecule has 0 aliphatic carbocycles. The summed E-state index contributed by atoms with van der Waals surface area (Å²) in [5.41, 5.74) is 3.42. The Hall–Kier alpha value is -3.94. The van der Waals surface area contributed by atoms with E-state index in [1.54, 1.807) is 30.3 Å². The first kappa shape index (κ1) is 21.9. The van der Waals surface area contributed by atoms with Crippen LogP contribution in [-0.4, -0.2) is 39.6 Å². The highest BCUT2D eigenvalue weighted by Crippen LogP contribution is 2.29. The van der Waals surface area contributed by atoms with Gasteiger partial charge in [-0.15, -0.1) is 0 Å². The molecule has 5 rings (SSSR count). The van der Waals surface area contributed by atoms with Gasteiger partial charge < -0.3 is 4.90 Å². The number of alkyl halides is 2. The van der Waals surface area contributed by atoms with Crippen molar-refractivity contribution in [1.82, 2.24) is 14.7 Å². The van der Waals surface area contributed by atoms with Crippen LogP contribution in [-0.2, 0) is 0 Å². The highest BCUT2D eigenvalue weighted by Gasteiger charge is 2.46. The quantitative estimate of drug-likeness (QED) is 0.434. The van der Waals surface area contributed by atoms with Crippen molar-refractivity contribution in [3.8, 4) is 16.9 Å². The number of aromatic nitrogens is 2. The third-order valence-electron chi connectivity index (χ3n) is 6.12. The summed E-state index contributed by atoms with van der Waals surface area (Å²) in [5, 5.41) is 5.70. The first-order valence-electron chi connectivity index (χ1n) is 10.7. The Balaban J connectivity index is 1.62. The molecule has 172 valence electrons. The minimum absolute atomic E-state index is 0.248. The van der Waals surface area contributed by atoms with Gasteiger partial charge in [-0.3, -0.25) is 9.59 Å². The van der Waals surface area contributed by atoms with E-state index in [0.29, 0.717) is 27.7 Å². The van der Waals surface area contributed by atoms with Gasteiger partial charge in [-0.05, 0) is 85.6 Å². The number of nitrogens with zero attached hydrogens (tertiary/aromatic N) is 3. The van der Waals surface area contributed by atoms with Crippen molar-refractivity contribution < 1.29 is 18.0 Å². The lowest BCUT2D eigenvalue weighted by Crippen LogP contribution is -2.58. The number of fused-ring (bicyclic) bond motifs is 1. The van der Waals surface area contributed by atoms with Crippen molar-refractivity contribution in [1.29, 1.82) is 0 Å². The molecule has 34 heavy (non-hydrogen) atoms. The normalized spacial score (nSPS) is 14.8. The van der Waals surface area contributed by atoms with Crippen LogP contribution in [0.5, 0.6) is 0 Å². The molecule has 0 unspecified atom stereocenters. The number of hydrogen-bond acceptors (Lipinski definition) is 3. The molecule has 1 aliphatic heterocycles. The Bertz CT molecular complexity index is 1490. The first-order chi connectivity index (χ1) is 16.1. The molecule has 0 radical (unpaired) electrons. The third kappa shape index (κ3) is 3.75. The van der Waals surface area contributed by atoms with Gasteiger partial charge in [0.1, 0.15) is 5.82 Å². The smallest absolute Gasteiger partial charge is 0.282 e. The summed E-state index contributed by atoms with van der Waals surface area (Å²) in [5.74, 6) is -3.71. The van der Waals surface area contributed by atoms with E-state index in [4.69, 9.17) is 0 Å². The van der Waals surface area contributed by atoms with Gasteiger partial charge in [0.2, 0.25) is 0 Å². The van der Waals surface area contributed by atoms with E-state index < -0.39 is 24.9 Å². The van der Waals surface area contributed by atoms with Gasteiger partial charge in [0.05, 0.1) is 29.9 Å². The van der Waals surface area contributed by atoms with E-state index in [1.807, 2.05) is 19.9 Å². The molecule has 2 heterocycles. The Morgan fingerprint density at radius 3 is 2.09 bits per heavy atom. The fourth-order valence-electron chi connectivity index (χ4n) is 4.08. The lowest BCUT2D eigenvalue weighted by Gasteiger charge is -2.38. The Morgan fingerprint density at radius 2 is 1.50 bits per heavy atom. The molecule has 1 fully saturated rings. The van der Waals surface area contributed by atoms with Crippen molar-refractivity contribution in [2.24, 2.45) is 0 Å². The Kier molecular flexibility index (Phi) is 5.04. The standard InChI is InChI=1S/C26H20F3N3O2/c1-15-11-21-22(12-16(15)2)25(34)32(30-23(21)17-3-7-19(27)8-4-17)20-9-5-18(6-10-20)24(33)31-13-26(28,29)14-31/h3-12H,13-14H2,1-2H3. The summed E-state index contributed by atoms with van der Waals surface area (Å²) in [4.78, 5) is 26.9. The zero-order valence-electron chi connectivity index (χ0n) is 18.5. The Morgan fingerprint density at radius 1 is 0.912 bits per heavy atom. The minimum Gasteiger partial charge on any atom is -0.326 e. The summed E-state index contributed by atoms with van der Waals surface area (Å²) in [6, 6.07) is 15.7. The lowest BCUT2D eigenvalue weighted by atomic mass is 10.00. The molecule has 1 aliphatic rings. The predicted molar refractivity (Wildman–Crippen MR) is 123 cm³/mol. The van der Waals surface area contributed by atoms with Crippen LogP contribution in [0.3, 0.4) is 0 Å². The highest BCUT2D eigenvalue weighted by atomic mass is 19.3. The molecule has 0 bridgehead atoms. The maximum atomic E-state index is 13.5. The second-order valence-electron chi connectivity index (χ2n) is 8.62. The number of hydrogen-bond donors (Lipinski definition) is 0. The zero-order valence-corrected chi connectivity index (χ0v) is 18.5. The fraction of sp³-hybridized carbons (Fsp3) is 0.192.